The zero-order chi connectivity index (χ0) is 12.5. The molecule has 3 rings (SSSR count). The topological polar surface area (TPSA) is 89.6 Å². The molecule has 2 aromatic rings. The zero-order valence-corrected chi connectivity index (χ0v) is 11.4. The third-order valence-electron chi connectivity index (χ3n) is 2.51. The van der Waals surface area contributed by atoms with Crippen molar-refractivity contribution in [3.05, 3.63) is 17.7 Å². The predicted molar refractivity (Wildman–Crippen MR) is 70.6 cm³/mol. The number of aromatic nitrogens is 4. The summed E-state index contributed by atoms with van der Waals surface area (Å²) in [6.45, 7) is 1.88. The van der Waals surface area contributed by atoms with Gasteiger partial charge in [0.1, 0.15) is 22.5 Å². The number of nitrogen functional groups attached to an aromatic ring is 1. The van der Waals surface area contributed by atoms with Crippen LogP contribution in [0.5, 0.6) is 0 Å². The fourth-order valence-electron chi connectivity index (χ4n) is 1.50. The van der Waals surface area contributed by atoms with Crippen LogP contribution in [0.4, 0.5) is 5.82 Å². The van der Waals surface area contributed by atoms with Crippen LogP contribution < -0.4 is 11.3 Å². The van der Waals surface area contributed by atoms with E-state index < -0.39 is 0 Å². The number of hydrogen-bond acceptors (Lipinski definition) is 8. The Labute approximate surface area is 113 Å². The van der Waals surface area contributed by atoms with Gasteiger partial charge in [-0.05, 0) is 43.1 Å². The summed E-state index contributed by atoms with van der Waals surface area (Å²) in [4.78, 5) is 13.2. The Hall–Kier alpha value is -1.25. The third kappa shape index (κ3) is 2.60. The largest absolute Gasteiger partial charge is 0.308 e. The second kappa shape index (κ2) is 4.79. The summed E-state index contributed by atoms with van der Waals surface area (Å²) in [5.74, 6) is 8.23. The average molecular weight is 280 g/mol. The standard InChI is InChI=1S/C10H12N6S2/c1-5-12-10(18-16-5)17-8-4-7(15-11)13-9(14-8)6-2-3-6/h4,6H,2-3,11H2,1H3,(H,13,14,15). The van der Waals surface area contributed by atoms with E-state index in [1.54, 1.807) is 0 Å². The molecule has 1 fully saturated rings. The lowest BCUT2D eigenvalue weighted by Gasteiger charge is -2.05. The second-order valence-electron chi connectivity index (χ2n) is 4.08. The van der Waals surface area contributed by atoms with Crippen LogP contribution in [-0.2, 0) is 0 Å². The van der Waals surface area contributed by atoms with E-state index in [2.05, 4.69) is 24.8 Å². The normalized spacial score (nSPS) is 14.8. The first-order valence-electron chi connectivity index (χ1n) is 5.58. The highest BCUT2D eigenvalue weighted by Gasteiger charge is 2.27. The highest BCUT2D eigenvalue weighted by molar-refractivity contribution is 8.00. The molecule has 0 atom stereocenters. The molecular weight excluding hydrogens is 268 g/mol. The molecule has 0 aromatic carbocycles. The van der Waals surface area contributed by atoms with E-state index >= 15 is 0 Å². The van der Waals surface area contributed by atoms with E-state index in [1.807, 2.05) is 13.0 Å². The van der Waals surface area contributed by atoms with Crippen molar-refractivity contribution in [2.75, 3.05) is 5.43 Å². The molecule has 1 aliphatic carbocycles. The van der Waals surface area contributed by atoms with Gasteiger partial charge >= 0.3 is 0 Å². The van der Waals surface area contributed by atoms with Gasteiger partial charge in [-0.15, -0.1) is 0 Å². The number of anilines is 1. The highest BCUT2D eigenvalue weighted by Crippen LogP contribution is 2.39. The van der Waals surface area contributed by atoms with Crippen LogP contribution in [-0.4, -0.2) is 19.3 Å². The highest BCUT2D eigenvalue weighted by atomic mass is 32.2. The van der Waals surface area contributed by atoms with Crippen molar-refractivity contribution < 1.29 is 0 Å². The van der Waals surface area contributed by atoms with Gasteiger partial charge in [0, 0.05) is 12.0 Å². The minimum absolute atomic E-state index is 0.494. The molecule has 94 valence electrons. The lowest BCUT2D eigenvalue weighted by atomic mass is 10.4. The smallest absolute Gasteiger partial charge is 0.176 e. The SMILES string of the molecule is Cc1nsc(Sc2cc(NN)nc(C3CC3)n2)n1. The van der Waals surface area contributed by atoms with Crippen LogP contribution in [0.3, 0.4) is 0 Å². The zero-order valence-electron chi connectivity index (χ0n) is 9.75. The lowest BCUT2D eigenvalue weighted by Crippen LogP contribution is -2.10. The molecule has 0 amide bonds. The van der Waals surface area contributed by atoms with Gasteiger partial charge in [0.25, 0.3) is 0 Å². The van der Waals surface area contributed by atoms with E-state index in [4.69, 9.17) is 5.84 Å². The van der Waals surface area contributed by atoms with Crippen LogP contribution >= 0.6 is 23.3 Å². The van der Waals surface area contributed by atoms with Crippen molar-refractivity contribution in [1.82, 2.24) is 19.3 Å². The van der Waals surface area contributed by atoms with Gasteiger partial charge in [-0.2, -0.15) is 4.37 Å². The maximum atomic E-state index is 5.43. The maximum Gasteiger partial charge on any atom is 0.176 e. The van der Waals surface area contributed by atoms with E-state index in [9.17, 15) is 0 Å². The van der Waals surface area contributed by atoms with Crippen molar-refractivity contribution in [1.29, 1.82) is 0 Å². The third-order valence-corrected chi connectivity index (χ3v) is 4.27. The minimum Gasteiger partial charge on any atom is -0.308 e. The molecule has 3 N–H and O–H groups in total. The van der Waals surface area contributed by atoms with Gasteiger partial charge in [-0.25, -0.2) is 20.8 Å². The Morgan fingerprint density at radius 2 is 2.22 bits per heavy atom. The molecular formula is C10H12N6S2. The summed E-state index contributed by atoms with van der Waals surface area (Å²) in [6.07, 6.45) is 2.33. The minimum atomic E-state index is 0.494. The first kappa shape index (κ1) is 11.8. The van der Waals surface area contributed by atoms with Gasteiger partial charge in [-0.1, -0.05) is 0 Å². The number of rotatable bonds is 4. The second-order valence-corrected chi connectivity index (χ2v) is 6.10. The van der Waals surface area contributed by atoms with Gasteiger partial charge < -0.3 is 5.43 Å². The van der Waals surface area contributed by atoms with Crippen molar-refractivity contribution in [2.24, 2.45) is 5.84 Å². The molecule has 2 aromatic heterocycles. The van der Waals surface area contributed by atoms with Crippen molar-refractivity contribution in [3.63, 3.8) is 0 Å². The molecule has 0 unspecified atom stereocenters. The fourth-order valence-corrected chi connectivity index (χ4v) is 3.11. The maximum absolute atomic E-state index is 5.43. The monoisotopic (exact) mass is 280 g/mol. The van der Waals surface area contributed by atoms with Gasteiger partial charge in [0.05, 0.1) is 0 Å². The van der Waals surface area contributed by atoms with Crippen LogP contribution in [0.2, 0.25) is 0 Å². The molecule has 0 saturated heterocycles. The van der Waals surface area contributed by atoms with Crippen molar-refractivity contribution in [2.45, 2.75) is 35.0 Å². The summed E-state index contributed by atoms with van der Waals surface area (Å²) >= 11 is 2.87. The predicted octanol–water partition coefficient (Wildman–Crippen LogP) is 1.95. The number of nitrogens with two attached hydrogens (primary N) is 1. The Balaban J connectivity index is 1.88. The molecule has 18 heavy (non-hydrogen) atoms. The van der Waals surface area contributed by atoms with Crippen molar-refractivity contribution in [3.8, 4) is 0 Å². The molecule has 0 spiro atoms. The number of aryl methyl sites for hydroxylation is 1. The van der Waals surface area contributed by atoms with E-state index in [-0.39, 0.29) is 0 Å². The number of nitrogens with zero attached hydrogens (tertiary/aromatic N) is 4. The van der Waals surface area contributed by atoms with Gasteiger partial charge in [0.15, 0.2) is 4.34 Å². The number of hydrogen-bond donors (Lipinski definition) is 2. The molecule has 0 radical (unpaired) electrons. The summed E-state index contributed by atoms with van der Waals surface area (Å²) in [5.41, 5.74) is 2.58. The molecule has 6 nitrogen and oxygen atoms in total. The Morgan fingerprint density at radius 3 is 2.83 bits per heavy atom. The summed E-state index contributed by atoms with van der Waals surface area (Å²) in [7, 11) is 0. The van der Waals surface area contributed by atoms with Crippen molar-refractivity contribution >= 4 is 29.1 Å². The molecule has 2 heterocycles. The van der Waals surface area contributed by atoms with Gasteiger partial charge in [0.2, 0.25) is 0 Å². The van der Waals surface area contributed by atoms with Crippen LogP contribution in [0.25, 0.3) is 0 Å². The van der Waals surface area contributed by atoms with Gasteiger partial charge in [-0.3, -0.25) is 0 Å². The summed E-state index contributed by atoms with van der Waals surface area (Å²) in [6, 6.07) is 1.83. The first-order chi connectivity index (χ1) is 8.74. The summed E-state index contributed by atoms with van der Waals surface area (Å²) in [5, 5.41) is 0.857. The first-order valence-corrected chi connectivity index (χ1v) is 7.17. The Bertz CT molecular complexity index is 565. The van der Waals surface area contributed by atoms with Crippen LogP contribution in [0.1, 0.15) is 30.4 Å². The van der Waals surface area contributed by atoms with E-state index in [0.29, 0.717) is 11.7 Å². The molecule has 8 heteroatoms. The molecule has 1 saturated carbocycles. The van der Waals surface area contributed by atoms with Crippen LogP contribution in [0.15, 0.2) is 15.4 Å². The fraction of sp³-hybridized carbons (Fsp3) is 0.400. The Morgan fingerprint density at radius 1 is 1.39 bits per heavy atom. The average Bonchev–Trinajstić information content (AvgIpc) is 3.14. The summed E-state index contributed by atoms with van der Waals surface area (Å²) < 4.78 is 5.04. The quantitative estimate of drug-likeness (QED) is 0.502. The van der Waals surface area contributed by atoms with E-state index in [0.717, 1.165) is 33.9 Å². The number of hydrazine groups is 1. The van der Waals surface area contributed by atoms with E-state index in [1.165, 1.54) is 23.3 Å². The molecule has 0 aliphatic heterocycles. The lowest BCUT2D eigenvalue weighted by molar-refractivity contribution is 0.877. The van der Waals surface area contributed by atoms with Crippen LogP contribution in [0, 0.1) is 6.92 Å². The molecule has 0 bridgehead atoms. The number of nitrogens with one attached hydrogen (secondary N) is 1. The molecule has 1 aliphatic rings. The Kier molecular flexibility index (Phi) is 3.14.